The van der Waals surface area contributed by atoms with Crippen LogP contribution in [0.2, 0.25) is 0 Å². The molecule has 0 bridgehead atoms. The maximum Gasteiger partial charge on any atom is 0.253 e. The molecular formula is C24H17F2N3O3. The second kappa shape index (κ2) is 8.12. The highest BCUT2D eigenvalue weighted by molar-refractivity contribution is 5.96. The lowest BCUT2D eigenvalue weighted by Gasteiger charge is -2.12. The highest BCUT2D eigenvalue weighted by atomic mass is 19.2. The molecular weight excluding hydrogens is 416 g/mol. The van der Waals surface area contributed by atoms with Crippen LogP contribution in [0.1, 0.15) is 15.9 Å². The number of methoxy groups -OCH3 is 1. The van der Waals surface area contributed by atoms with Gasteiger partial charge in [0.15, 0.2) is 17.2 Å². The molecule has 0 saturated heterocycles. The number of aromatic nitrogens is 1. The van der Waals surface area contributed by atoms with E-state index in [1.807, 2.05) is 0 Å². The largest absolute Gasteiger partial charge is 0.496 e. The normalized spacial score (nSPS) is 10.8. The number of nitrogens with zero attached hydrogens (tertiary/aromatic N) is 3. The lowest BCUT2D eigenvalue weighted by molar-refractivity contribution is 0.0827. The van der Waals surface area contributed by atoms with Gasteiger partial charge in [-0.3, -0.25) is 9.78 Å². The first kappa shape index (κ1) is 21.0. The van der Waals surface area contributed by atoms with Crippen LogP contribution in [0.4, 0.5) is 8.78 Å². The lowest BCUT2D eigenvalue weighted by atomic mass is 10.0. The van der Waals surface area contributed by atoms with E-state index in [0.717, 1.165) is 6.07 Å². The van der Waals surface area contributed by atoms with Gasteiger partial charge in [-0.15, -0.1) is 0 Å². The fraction of sp³-hybridized carbons (Fsp3) is 0.125. The number of ether oxygens (including phenoxy) is 1. The summed E-state index contributed by atoms with van der Waals surface area (Å²) in [4.78, 5) is 18.0. The molecule has 1 amide bonds. The van der Waals surface area contributed by atoms with E-state index in [0.29, 0.717) is 39.3 Å². The number of pyridine rings is 1. The standard InChI is InChI=1S/C24H17F2N3O3/c1-29(2)24(30)13-4-5-17(20(10-13)31-3)21-11-19-23(32-21)16(6-7-28-19)14-8-15(12-27)22(26)18(25)9-14/h4-11H,1-3H3. The molecule has 8 heteroatoms. The van der Waals surface area contributed by atoms with Crippen molar-refractivity contribution in [1.29, 1.82) is 5.26 Å². The van der Waals surface area contributed by atoms with Crippen LogP contribution < -0.4 is 4.74 Å². The summed E-state index contributed by atoms with van der Waals surface area (Å²) in [5.41, 5.74) is 2.21. The predicted molar refractivity (Wildman–Crippen MR) is 114 cm³/mol. The third-order valence-corrected chi connectivity index (χ3v) is 4.99. The van der Waals surface area contributed by atoms with Gasteiger partial charge in [-0.2, -0.15) is 5.26 Å². The molecule has 160 valence electrons. The number of furan rings is 1. The van der Waals surface area contributed by atoms with Crippen LogP contribution in [0.15, 0.2) is 53.1 Å². The third-order valence-electron chi connectivity index (χ3n) is 4.99. The van der Waals surface area contributed by atoms with Gasteiger partial charge in [0, 0.05) is 37.5 Å². The zero-order valence-corrected chi connectivity index (χ0v) is 17.4. The Labute approximate surface area is 182 Å². The van der Waals surface area contributed by atoms with Crippen molar-refractivity contribution in [2.45, 2.75) is 0 Å². The van der Waals surface area contributed by atoms with Gasteiger partial charge in [0.25, 0.3) is 5.91 Å². The highest BCUT2D eigenvalue weighted by Gasteiger charge is 2.19. The van der Waals surface area contributed by atoms with E-state index in [4.69, 9.17) is 14.4 Å². The average Bonchev–Trinajstić information content (AvgIpc) is 3.24. The van der Waals surface area contributed by atoms with Crippen molar-refractivity contribution in [3.63, 3.8) is 0 Å². The molecule has 0 atom stereocenters. The summed E-state index contributed by atoms with van der Waals surface area (Å²) in [6, 6.07) is 12.2. The van der Waals surface area contributed by atoms with Crippen LogP contribution >= 0.6 is 0 Å². The predicted octanol–water partition coefficient (Wildman–Crippen LogP) is 5.02. The van der Waals surface area contributed by atoms with Crippen molar-refractivity contribution in [1.82, 2.24) is 9.88 Å². The number of carbonyl (C=O) groups is 1. The minimum atomic E-state index is -1.20. The van der Waals surface area contributed by atoms with Gasteiger partial charge in [0.05, 0.1) is 18.2 Å². The molecule has 0 spiro atoms. The maximum atomic E-state index is 14.0. The molecule has 0 radical (unpaired) electrons. The van der Waals surface area contributed by atoms with Gasteiger partial charge < -0.3 is 14.1 Å². The number of fused-ring (bicyclic) bond motifs is 1. The Balaban J connectivity index is 1.86. The van der Waals surface area contributed by atoms with Crippen molar-refractivity contribution in [2.24, 2.45) is 0 Å². The molecule has 4 aromatic rings. The Hall–Kier alpha value is -4.25. The molecule has 2 aromatic carbocycles. The highest BCUT2D eigenvalue weighted by Crippen LogP contribution is 2.38. The van der Waals surface area contributed by atoms with Gasteiger partial charge >= 0.3 is 0 Å². The number of amides is 1. The van der Waals surface area contributed by atoms with Crippen LogP contribution in [0, 0.1) is 23.0 Å². The average molecular weight is 433 g/mol. The fourth-order valence-corrected chi connectivity index (χ4v) is 3.41. The monoisotopic (exact) mass is 433 g/mol. The van der Waals surface area contributed by atoms with Crippen LogP contribution in [-0.2, 0) is 0 Å². The van der Waals surface area contributed by atoms with Gasteiger partial charge in [-0.05, 0) is 42.0 Å². The first-order chi connectivity index (χ1) is 15.3. The summed E-state index contributed by atoms with van der Waals surface area (Å²) in [5, 5.41) is 9.10. The summed E-state index contributed by atoms with van der Waals surface area (Å²) < 4.78 is 39.3. The Morgan fingerprint density at radius 3 is 2.59 bits per heavy atom. The van der Waals surface area contributed by atoms with Gasteiger partial charge in [-0.1, -0.05) is 0 Å². The Kier molecular flexibility index (Phi) is 5.33. The van der Waals surface area contributed by atoms with Crippen LogP contribution in [0.5, 0.6) is 5.75 Å². The molecule has 2 heterocycles. The summed E-state index contributed by atoms with van der Waals surface area (Å²) in [7, 11) is 4.80. The SMILES string of the molecule is COc1cc(C(=O)N(C)C)ccc1-c1cc2nccc(-c3cc(F)c(F)c(C#N)c3)c2o1. The number of halogens is 2. The summed E-state index contributed by atoms with van der Waals surface area (Å²) in [6.07, 6.45) is 1.51. The van der Waals surface area contributed by atoms with Crippen molar-refractivity contribution in [3.8, 4) is 34.3 Å². The summed E-state index contributed by atoms with van der Waals surface area (Å²) in [6.45, 7) is 0. The molecule has 0 aliphatic heterocycles. The van der Waals surface area contributed by atoms with E-state index in [1.165, 1.54) is 24.3 Å². The minimum Gasteiger partial charge on any atom is -0.496 e. The van der Waals surface area contributed by atoms with Crippen molar-refractivity contribution in [3.05, 3.63) is 71.4 Å². The van der Waals surface area contributed by atoms with Crippen LogP contribution in [0.25, 0.3) is 33.6 Å². The van der Waals surface area contributed by atoms with E-state index in [2.05, 4.69) is 4.98 Å². The summed E-state index contributed by atoms with van der Waals surface area (Å²) in [5.74, 6) is -1.64. The van der Waals surface area contributed by atoms with Gasteiger partial charge in [0.2, 0.25) is 0 Å². The molecule has 2 aromatic heterocycles. The van der Waals surface area contributed by atoms with E-state index in [1.54, 1.807) is 50.5 Å². The Morgan fingerprint density at radius 2 is 1.91 bits per heavy atom. The van der Waals surface area contributed by atoms with Crippen molar-refractivity contribution >= 4 is 17.0 Å². The number of rotatable bonds is 4. The molecule has 0 unspecified atom stereocenters. The Morgan fingerprint density at radius 1 is 1.12 bits per heavy atom. The van der Waals surface area contributed by atoms with Gasteiger partial charge in [-0.25, -0.2) is 8.78 Å². The van der Waals surface area contributed by atoms with Crippen molar-refractivity contribution < 1.29 is 22.7 Å². The number of hydrogen-bond acceptors (Lipinski definition) is 5. The van der Waals surface area contributed by atoms with Crippen molar-refractivity contribution in [2.75, 3.05) is 21.2 Å². The molecule has 0 N–H and O–H groups in total. The zero-order valence-electron chi connectivity index (χ0n) is 17.4. The molecule has 0 aliphatic carbocycles. The third kappa shape index (κ3) is 3.54. The number of benzene rings is 2. The first-order valence-corrected chi connectivity index (χ1v) is 9.52. The number of hydrogen-bond donors (Lipinski definition) is 0. The smallest absolute Gasteiger partial charge is 0.253 e. The van der Waals surface area contributed by atoms with E-state index >= 15 is 0 Å². The molecule has 6 nitrogen and oxygen atoms in total. The maximum absolute atomic E-state index is 14.0. The number of carbonyl (C=O) groups excluding carboxylic acids is 1. The topological polar surface area (TPSA) is 79.4 Å². The second-order valence-corrected chi connectivity index (χ2v) is 7.23. The fourth-order valence-electron chi connectivity index (χ4n) is 3.41. The quantitative estimate of drug-likeness (QED) is 0.451. The number of nitriles is 1. The summed E-state index contributed by atoms with van der Waals surface area (Å²) >= 11 is 0. The second-order valence-electron chi connectivity index (χ2n) is 7.23. The molecule has 0 aliphatic rings. The van der Waals surface area contributed by atoms with E-state index in [9.17, 15) is 13.6 Å². The first-order valence-electron chi connectivity index (χ1n) is 9.52. The van der Waals surface area contributed by atoms with E-state index in [-0.39, 0.29) is 11.5 Å². The molecule has 0 fully saturated rings. The zero-order chi connectivity index (χ0) is 23.0. The Bertz CT molecular complexity index is 1400. The van der Waals surface area contributed by atoms with Crippen LogP contribution in [0.3, 0.4) is 0 Å². The molecule has 4 rings (SSSR count). The van der Waals surface area contributed by atoms with E-state index < -0.39 is 17.2 Å². The van der Waals surface area contributed by atoms with Crippen LogP contribution in [-0.4, -0.2) is 37.0 Å². The van der Waals surface area contributed by atoms with Gasteiger partial charge in [0.1, 0.15) is 23.1 Å². The lowest BCUT2D eigenvalue weighted by Crippen LogP contribution is -2.21. The minimum absolute atomic E-state index is 0.171. The molecule has 32 heavy (non-hydrogen) atoms. The molecule has 0 saturated carbocycles.